The molecule has 4 saturated carbocycles. The number of aromatic nitrogens is 2. The van der Waals surface area contributed by atoms with Gasteiger partial charge < -0.3 is 15.2 Å². The molecule has 4 aromatic rings. The van der Waals surface area contributed by atoms with Crippen LogP contribution < -0.4 is 10.1 Å². The summed E-state index contributed by atoms with van der Waals surface area (Å²) in [5.41, 5.74) is 5.22. The number of carboxylic acids is 1. The second-order valence-electron chi connectivity index (χ2n) is 16.6. The number of ether oxygens (including phenoxy) is 1. The summed E-state index contributed by atoms with van der Waals surface area (Å²) in [4.78, 5) is 49.3. The van der Waals surface area contributed by atoms with Gasteiger partial charge in [-0.25, -0.2) is 9.97 Å². The molecule has 2 aromatic heterocycles. The third-order valence-corrected chi connectivity index (χ3v) is 13.2. The molecule has 272 valence electrons. The number of carbonyl (C=O) groups excluding carboxylic acids is 2. The minimum Gasteiger partial charge on any atom is -0.496 e. The van der Waals surface area contributed by atoms with E-state index in [9.17, 15) is 19.5 Å². The molecule has 0 spiro atoms. The Morgan fingerprint density at radius 3 is 2.08 bits per heavy atom. The van der Waals surface area contributed by atoms with Gasteiger partial charge in [-0.15, -0.1) is 11.3 Å². The molecular formula is C43H49N3O5S. The van der Waals surface area contributed by atoms with Crippen molar-refractivity contribution in [3.8, 4) is 28.3 Å². The van der Waals surface area contributed by atoms with Gasteiger partial charge in [0.2, 0.25) is 5.91 Å². The molecule has 2 N–H and O–H groups in total. The first-order valence-corrected chi connectivity index (χ1v) is 19.4. The molecule has 4 aliphatic carbocycles. The summed E-state index contributed by atoms with van der Waals surface area (Å²) < 4.78 is 5.93. The molecule has 2 heterocycles. The highest BCUT2D eigenvalue weighted by Crippen LogP contribution is 2.62. The lowest BCUT2D eigenvalue weighted by Crippen LogP contribution is -2.48. The van der Waals surface area contributed by atoms with Gasteiger partial charge in [-0.2, -0.15) is 0 Å². The lowest BCUT2D eigenvalue weighted by atomic mass is 9.48. The molecule has 8 nitrogen and oxygen atoms in total. The van der Waals surface area contributed by atoms with Crippen LogP contribution in [0.1, 0.15) is 98.3 Å². The molecule has 0 radical (unpaired) electrons. The highest BCUT2D eigenvalue weighted by molar-refractivity contribution is 7.14. The van der Waals surface area contributed by atoms with Crippen LogP contribution >= 0.6 is 11.3 Å². The number of rotatable bonds is 12. The van der Waals surface area contributed by atoms with Crippen molar-refractivity contribution in [2.24, 2.45) is 23.7 Å². The number of benzene rings is 2. The molecule has 52 heavy (non-hydrogen) atoms. The van der Waals surface area contributed by atoms with Crippen molar-refractivity contribution in [1.82, 2.24) is 15.3 Å². The van der Waals surface area contributed by atoms with Crippen molar-refractivity contribution < 1.29 is 24.2 Å². The van der Waals surface area contributed by atoms with E-state index in [1.807, 2.05) is 48.8 Å². The maximum Gasteiger partial charge on any atom is 0.325 e. The third kappa shape index (κ3) is 7.43. The van der Waals surface area contributed by atoms with E-state index in [0.29, 0.717) is 10.7 Å². The zero-order valence-corrected chi connectivity index (χ0v) is 31.6. The highest BCUT2D eigenvalue weighted by atomic mass is 32.1. The summed E-state index contributed by atoms with van der Waals surface area (Å²) in [5.74, 6) is 1.66. The van der Waals surface area contributed by atoms with E-state index in [4.69, 9.17) is 14.7 Å². The fourth-order valence-corrected chi connectivity index (χ4v) is 10.3. The zero-order chi connectivity index (χ0) is 36.8. The first-order chi connectivity index (χ1) is 24.8. The molecule has 0 unspecified atom stereocenters. The van der Waals surface area contributed by atoms with E-state index in [1.54, 1.807) is 7.11 Å². The van der Waals surface area contributed by atoms with Gasteiger partial charge in [0.15, 0.2) is 11.6 Å². The average Bonchev–Trinajstić information content (AvgIpc) is 3.63. The Hall–Kier alpha value is -4.37. The standard InChI is InChI=1S/C43H49N3O5S/c1-25(41(49)50)46-40(48)32(19-35(47)37-12-13-38(52-37)42(2,3)4)17-26-6-8-30(9-7-26)39-44-23-33(24-45-39)31-10-11-36(51-5)34(18-31)43-20-27-14-28(21-43)16-29(15-27)22-43/h6-13,18,23-25,27-29,32H,14-17,19-22H2,1-5H3,(H,46,48)(H,49,50)/t25-,27?,28?,29?,32-,43?/m1/s1. The Labute approximate surface area is 310 Å². The number of nitrogens with zero attached hydrogens (tertiary/aromatic N) is 2. The summed E-state index contributed by atoms with van der Waals surface area (Å²) in [5, 5.41) is 12.0. The van der Waals surface area contributed by atoms with Gasteiger partial charge in [0.25, 0.3) is 0 Å². The van der Waals surface area contributed by atoms with Crippen LogP contribution in [0, 0.1) is 23.7 Å². The lowest BCUT2D eigenvalue weighted by molar-refractivity contribution is -0.141. The molecule has 4 fully saturated rings. The molecule has 0 saturated heterocycles. The monoisotopic (exact) mass is 719 g/mol. The number of aliphatic carboxylic acids is 1. The number of ketones is 1. The third-order valence-electron chi connectivity index (χ3n) is 11.6. The van der Waals surface area contributed by atoms with E-state index in [2.05, 4.69) is 44.3 Å². The first-order valence-electron chi connectivity index (χ1n) is 18.6. The van der Waals surface area contributed by atoms with Crippen molar-refractivity contribution in [2.45, 2.75) is 95.9 Å². The summed E-state index contributed by atoms with van der Waals surface area (Å²) in [6.07, 6.45) is 12.0. The van der Waals surface area contributed by atoms with Crippen molar-refractivity contribution in [2.75, 3.05) is 7.11 Å². The summed E-state index contributed by atoms with van der Waals surface area (Å²) in [6, 6.07) is 16.9. The Morgan fingerprint density at radius 1 is 0.904 bits per heavy atom. The van der Waals surface area contributed by atoms with Crippen molar-refractivity contribution >= 4 is 29.0 Å². The maximum atomic E-state index is 13.4. The molecule has 8 rings (SSSR count). The summed E-state index contributed by atoms with van der Waals surface area (Å²) >= 11 is 1.44. The van der Waals surface area contributed by atoms with Crippen LogP contribution in [0.5, 0.6) is 5.75 Å². The number of Topliss-reactive ketones (excluding diaryl/α,β-unsaturated/α-hetero) is 1. The normalized spacial score (nSPS) is 23.2. The predicted molar refractivity (Wildman–Crippen MR) is 204 cm³/mol. The van der Waals surface area contributed by atoms with Gasteiger partial charge in [0.1, 0.15) is 11.8 Å². The van der Waals surface area contributed by atoms with E-state index in [1.165, 1.54) is 62.3 Å². The predicted octanol–water partition coefficient (Wildman–Crippen LogP) is 8.67. The van der Waals surface area contributed by atoms with Crippen LogP contribution in [0.4, 0.5) is 0 Å². The topological polar surface area (TPSA) is 118 Å². The van der Waals surface area contributed by atoms with Gasteiger partial charge in [-0.05, 0) is 116 Å². The second kappa shape index (κ2) is 14.2. The van der Waals surface area contributed by atoms with Crippen LogP contribution in [0.15, 0.2) is 67.0 Å². The molecule has 2 atom stereocenters. The lowest BCUT2D eigenvalue weighted by Gasteiger charge is -2.57. The number of methoxy groups -OCH3 is 1. The van der Waals surface area contributed by atoms with E-state index < -0.39 is 23.8 Å². The summed E-state index contributed by atoms with van der Waals surface area (Å²) in [6.45, 7) is 7.71. The smallest absolute Gasteiger partial charge is 0.325 e. The Morgan fingerprint density at radius 2 is 1.52 bits per heavy atom. The fourth-order valence-electron chi connectivity index (χ4n) is 9.31. The number of hydrogen-bond donors (Lipinski definition) is 2. The molecule has 1 amide bonds. The summed E-state index contributed by atoms with van der Waals surface area (Å²) in [7, 11) is 1.78. The van der Waals surface area contributed by atoms with Gasteiger partial charge in [-0.3, -0.25) is 14.4 Å². The quantitative estimate of drug-likeness (QED) is 0.141. The number of hydrogen-bond acceptors (Lipinski definition) is 7. The number of carbonyl (C=O) groups is 3. The van der Waals surface area contributed by atoms with Gasteiger partial charge in [0.05, 0.1) is 12.0 Å². The largest absolute Gasteiger partial charge is 0.496 e. The molecule has 4 bridgehead atoms. The Bertz CT molecular complexity index is 1920. The molecule has 2 aromatic carbocycles. The average molecular weight is 720 g/mol. The Kier molecular flexibility index (Phi) is 9.85. The number of nitrogens with one attached hydrogen (secondary N) is 1. The Balaban J connectivity index is 1.07. The zero-order valence-electron chi connectivity index (χ0n) is 30.8. The second-order valence-corrected chi connectivity index (χ2v) is 17.7. The molecule has 0 aliphatic heterocycles. The van der Waals surface area contributed by atoms with Crippen LogP contribution in [0.25, 0.3) is 22.5 Å². The van der Waals surface area contributed by atoms with Gasteiger partial charge in [0, 0.05) is 46.3 Å². The van der Waals surface area contributed by atoms with Crippen LogP contribution in [-0.4, -0.2) is 45.9 Å². The maximum absolute atomic E-state index is 13.4. The van der Waals surface area contributed by atoms with Crippen LogP contribution in [0.3, 0.4) is 0 Å². The first kappa shape index (κ1) is 36.0. The van der Waals surface area contributed by atoms with Gasteiger partial charge >= 0.3 is 5.97 Å². The van der Waals surface area contributed by atoms with Crippen molar-refractivity contribution in [1.29, 1.82) is 0 Å². The number of thiophene rings is 1. The van der Waals surface area contributed by atoms with E-state index in [-0.39, 0.29) is 29.5 Å². The molecule has 4 aliphatic rings. The van der Waals surface area contributed by atoms with Crippen molar-refractivity contribution in [3.63, 3.8) is 0 Å². The van der Waals surface area contributed by atoms with Crippen molar-refractivity contribution in [3.05, 3.63) is 87.9 Å². The van der Waals surface area contributed by atoms with Crippen LogP contribution in [-0.2, 0) is 26.8 Å². The van der Waals surface area contributed by atoms with E-state index in [0.717, 1.165) is 50.6 Å². The SMILES string of the molecule is COc1ccc(-c2cnc(-c3ccc(C[C@H](CC(=O)c4ccc(C(C)(C)C)s4)C(=O)N[C@H](C)C(=O)O)cc3)nc2)cc1C12CC3CC(CC(C3)C1)C2. The molecular weight excluding hydrogens is 671 g/mol. The number of carboxylic acid groups (broad SMARTS) is 1. The van der Waals surface area contributed by atoms with Crippen LogP contribution in [0.2, 0.25) is 0 Å². The highest BCUT2D eigenvalue weighted by Gasteiger charge is 2.52. The van der Waals surface area contributed by atoms with E-state index >= 15 is 0 Å². The number of amides is 1. The fraction of sp³-hybridized carbons (Fsp3) is 0.465. The molecule has 9 heteroatoms. The minimum absolute atomic E-state index is 0.0233. The minimum atomic E-state index is -1.13. The van der Waals surface area contributed by atoms with Gasteiger partial charge in [-0.1, -0.05) is 51.1 Å².